The zero-order valence-corrected chi connectivity index (χ0v) is 30.0. The number of nitrogens with one attached hydrogen (secondary N) is 2. The van der Waals surface area contributed by atoms with Gasteiger partial charge in [0.1, 0.15) is 5.82 Å². The highest BCUT2D eigenvalue weighted by Crippen LogP contribution is 2.38. The lowest BCUT2D eigenvalue weighted by molar-refractivity contribution is -0.306. The van der Waals surface area contributed by atoms with E-state index in [1.165, 1.54) is 11.1 Å². The average molecular weight is 686 g/mol. The Bertz CT molecular complexity index is 1370. The Balaban J connectivity index is 0.000000779. The summed E-state index contributed by atoms with van der Waals surface area (Å²) in [5.41, 5.74) is 3.98. The van der Waals surface area contributed by atoms with Gasteiger partial charge in [-0.05, 0) is 124 Å². The molecule has 4 heterocycles. The van der Waals surface area contributed by atoms with Gasteiger partial charge in [-0.15, -0.1) is 0 Å². The van der Waals surface area contributed by atoms with E-state index in [4.69, 9.17) is 14.7 Å². The molecule has 4 fully saturated rings. The summed E-state index contributed by atoms with van der Waals surface area (Å²) in [5.74, 6) is 0.570. The fourth-order valence-electron chi connectivity index (χ4n) is 7.11. The van der Waals surface area contributed by atoms with Crippen LogP contribution in [-0.2, 0) is 38.6 Å². The monoisotopic (exact) mass is 685 g/mol. The van der Waals surface area contributed by atoms with Crippen LogP contribution in [0.5, 0.6) is 0 Å². The first-order valence-corrected chi connectivity index (χ1v) is 17.9. The predicted molar refractivity (Wildman–Crippen MR) is 196 cm³/mol. The van der Waals surface area contributed by atoms with E-state index in [0.717, 1.165) is 89.1 Å². The van der Waals surface area contributed by atoms with Gasteiger partial charge in [-0.1, -0.05) is 58.5 Å². The number of nitrogens with zero attached hydrogens (tertiary/aromatic N) is 1. The Kier molecular flexibility index (Phi) is 13.5. The van der Waals surface area contributed by atoms with Crippen molar-refractivity contribution >= 4 is 5.91 Å². The van der Waals surface area contributed by atoms with Gasteiger partial charge in [0.05, 0.1) is 43.6 Å². The number of halogens is 1. The molecule has 7 rings (SSSR count). The van der Waals surface area contributed by atoms with E-state index < -0.39 is 11.1 Å². The minimum absolute atomic E-state index is 0. The third-order valence-electron chi connectivity index (χ3n) is 10.6. The molecule has 49 heavy (non-hydrogen) atoms. The number of carbonyl (C=O) groups is 1. The number of hydrogen-bond donors (Lipinski definition) is 3. The fraction of sp³-hybridized carbons (Fsp3) is 0.675. The van der Waals surface area contributed by atoms with Crippen molar-refractivity contribution in [3.63, 3.8) is 0 Å². The number of ether oxygens (including phenoxy) is 2. The minimum atomic E-state index is -0.460. The summed E-state index contributed by atoms with van der Waals surface area (Å²) in [6.07, 6.45) is 6.53. The maximum Gasteiger partial charge on any atom is 0.240 e. The van der Waals surface area contributed by atoms with Crippen molar-refractivity contribution < 1.29 is 30.2 Å². The molecule has 8 nitrogen and oxygen atoms in total. The average Bonchev–Trinajstić information content (AvgIpc) is 3.03. The van der Waals surface area contributed by atoms with E-state index in [-0.39, 0.29) is 32.0 Å². The summed E-state index contributed by atoms with van der Waals surface area (Å²) < 4.78 is 27.1. The van der Waals surface area contributed by atoms with E-state index >= 15 is 4.39 Å². The van der Waals surface area contributed by atoms with Gasteiger partial charge in [0.15, 0.2) is 0 Å². The first-order chi connectivity index (χ1) is 22.8. The van der Waals surface area contributed by atoms with Gasteiger partial charge < -0.3 is 20.1 Å². The normalized spacial score (nSPS) is 24.0. The van der Waals surface area contributed by atoms with Crippen molar-refractivity contribution in [2.24, 2.45) is 11.3 Å². The zero-order valence-electron chi connectivity index (χ0n) is 30.0. The molecule has 0 aromatic heterocycles. The predicted octanol–water partition coefficient (Wildman–Crippen LogP) is 7.42. The molecule has 2 aromatic carbocycles. The van der Waals surface area contributed by atoms with Crippen LogP contribution in [0.4, 0.5) is 4.39 Å². The molecule has 9 heteroatoms. The third kappa shape index (κ3) is 10.3. The van der Waals surface area contributed by atoms with Crippen LogP contribution < -0.4 is 10.6 Å². The molecule has 1 amide bonds. The smallest absolute Gasteiger partial charge is 0.240 e. The molecule has 0 spiro atoms. The van der Waals surface area contributed by atoms with Crippen LogP contribution in [-0.4, -0.2) is 78.7 Å². The first-order valence-electron chi connectivity index (χ1n) is 17.9. The number of carbonyl (C=O) groups excluding carboxylic acids is 1. The molecule has 3 saturated heterocycles. The van der Waals surface area contributed by atoms with Crippen LogP contribution in [0.3, 0.4) is 0 Å². The number of piperidine rings is 2. The van der Waals surface area contributed by atoms with Crippen molar-refractivity contribution in [3.8, 4) is 11.1 Å². The first kappa shape index (κ1) is 39.4. The SMILES string of the molecule is C.CC(C)(C)OO.CC(C)(C)[C@H](Cc1ccc(-c2ccc3c(c2)CCCN(C2COC2)CCOC3)cc1F)NC(=O)C12CCC(CC1)CN2.[HH]. The quantitative estimate of drug-likeness (QED) is 0.215. The largest absolute Gasteiger partial charge is 0.378 e. The van der Waals surface area contributed by atoms with Crippen molar-refractivity contribution in [2.75, 3.05) is 39.5 Å². The summed E-state index contributed by atoms with van der Waals surface area (Å²) in [5, 5.41) is 14.8. The number of rotatable bonds is 6. The van der Waals surface area contributed by atoms with Crippen molar-refractivity contribution in [1.82, 2.24) is 15.5 Å². The molecule has 1 saturated carbocycles. The summed E-state index contributed by atoms with van der Waals surface area (Å²) in [6, 6.07) is 12.4. The van der Waals surface area contributed by atoms with Gasteiger partial charge in [0.25, 0.3) is 0 Å². The molecule has 1 aliphatic carbocycles. The summed E-state index contributed by atoms with van der Waals surface area (Å²) in [6.45, 7) is 17.6. The summed E-state index contributed by atoms with van der Waals surface area (Å²) in [7, 11) is 0. The molecule has 0 radical (unpaired) electrons. The molecule has 5 aliphatic rings. The third-order valence-corrected chi connectivity index (χ3v) is 10.6. The number of benzene rings is 2. The molecule has 2 bridgehead atoms. The maximum absolute atomic E-state index is 15.7. The Hall–Kier alpha value is -2.40. The lowest BCUT2D eigenvalue weighted by atomic mass is 9.71. The number of aryl methyl sites for hydroxylation is 1. The van der Waals surface area contributed by atoms with Gasteiger partial charge in [-0.3, -0.25) is 15.0 Å². The highest BCUT2D eigenvalue weighted by atomic mass is 19.1. The maximum atomic E-state index is 15.7. The van der Waals surface area contributed by atoms with Crippen LogP contribution in [0, 0.1) is 17.2 Å². The fourth-order valence-corrected chi connectivity index (χ4v) is 7.11. The van der Waals surface area contributed by atoms with Gasteiger partial charge in [-0.2, -0.15) is 0 Å². The molecule has 3 N–H and O–H groups in total. The Labute approximate surface area is 295 Å². The van der Waals surface area contributed by atoms with Gasteiger partial charge in [-0.25, -0.2) is 9.28 Å². The molecular formula is C40H64FN3O5. The second kappa shape index (κ2) is 16.7. The molecule has 0 unspecified atom stereocenters. The number of amides is 1. The highest BCUT2D eigenvalue weighted by molar-refractivity contribution is 5.87. The van der Waals surface area contributed by atoms with Crippen molar-refractivity contribution in [1.29, 1.82) is 0 Å². The minimum Gasteiger partial charge on any atom is -0.378 e. The van der Waals surface area contributed by atoms with E-state index in [9.17, 15) is 4.79 Å². The number of hydrogen-bond acceptors (Lipinski definition) is 7. The highest BCUT2D eigenvalue weighted by Gasteiger charge is 2.46. The van der Waals surface area contributed by atoms with Gasteiger partial charge in [0, 0.05) is 14.0 Å². The van der Waals surface area contributed by atoms with E-state index in [2.05, 4.69) is 59.4 Å². The Morgan fingerprint density at radius 3 is 2.31 bits per heavy atom. The Morgan fingerprint density at radius 2 is 1.73 bits per heavy atom. The van der Waals surface area contributed by atoms with E-state index in [1.807, 2.05) is 12.1 Å². The second-order valence-electron chi connectivity index (χ2n) is 16.4. The molecule has 276 valence electrons. The molecule has 2 aromatic rings. The molecular weight excluding hydrogens is 621 g/mol. The topological polar surface area (TPSA) is 92.3 Å². The van der Waals surface area contributed by atoms with Crippen LogP contribution >= 0.6 is 0 Å². The zero-order chi connectivity index (χ0) is 34.5. The van der Waals surface area contributed by atoms with Crippen LogP contribution in [0.1, 0.15) is 99.2 Å². The Morgan fingerprint density at radius 1 is 1.06 bits per heavy atom. The number of fused-ring (bicyclic) bond motifs is 4. The lowest BCUT2D eigenvalue weighted by Gasteiger charge is -2.47. The van der Waals surface area contributed by atoms with E-state index in [1.54, 1.807) is 26.8 Å². The van der Waals surface area contributed by atoms with Crippen LogP contribution in [0.2, 0.25) is 0 Å². The summed E-state index contributed by atoms with van der Waals surface area (Å²) >= 11 is 0. The standard InChI is InChI=1S/C35H48FN3O3.C4H10O2.CH4.H2/c1-34(2,3)32(38-33(40)35-12-10-24(11-13-35)20-37-35)19-28-8-6-27(18-31(28)36)26-7-9-29-21-41-16-15-39(30-22-42-23-30)14-4-5-25(29)17-26;1-4(2,3)6-5;;/h6-9,17-18,24,30,32,37H,4-5,10-16,19-23H2,1-3H3,(H,38,40);5H,1-3H3;1H4;1H/t24?,32-,35?;;;/m0.../s1. The molecule has 4 aliphatic heterocycles. The van der Waals surface area contributed by atoms with E-state index in [0.29, 0.717) is 30.6 Å². The van der Waals surface area contributed by atoms with Crippen molar-refractivity contribution in [3.05, 3.63) is 58.9 Å². The van der Waals surface area contributed by atoms with Crippen LogP contribution in [0.25, 0.3) is 11.1 Å². The second-order valence-corrected chi connectivity index (χ2v) is 16.4. The van der Waals surface area contributed by atoms with Gasteiger partial charge >= 0.3 is 0 Å². The van der Waals surface area contributed by atoms with Gasteiger partial charge in [0.2, 0.25) is 5.91 Å². The van der Waals surface area contributed by atoms with Crippen LogP contribution in [0.15, 0.2) is 36.4 Å². The van der Waals surface area contributed by atoms with Crippen molar-refractivity contribution in [2.45, 2.75) is 124 Å². The summed E-state index contributed by atoms with van der Waals surface area (Å²) in [4.78, 5) is 20.0. The molecule has 1 atom stereocenters. The lowest BCUT2D eigenvalue weighted by Crippen LogP contribution is -2.65.